The number of ketones is 1. The lowest BCUT2D eigenvalue weighted by Gasteiger charge is -2.28. The van der Waals surface area contributed by atoms with E-state index in [1.165, 1.54) is 16.3 Å². The molecular formula is C31H36N6O4. The van der Waals surface area contributed by atoms with Gasteiger partial charge in [0.2, 0.25) is 17.7 Å². The van der Waals surface area contributed by atoms with Gasteiger partial charge in [-0.3, -0.25) is 14.5 Å². The Hall–Kier alpha value is -4.34. The largest absolute Gasteiger partial charge is 0.421 e. The summed E-state index contributed by atoms with van der Waals surface area (Å²) < 4.78 is 5.51. The Morgan fingerprint density at radius 1 is 1.00 bits per heavy atom. The van der Waals surface area contributed by atoms with Crippen molar-refractivity contribution in [2.75, 3.05) is 23.3 Å². The van der Waals surface area contributed by atoms with E-state index in [0.29, 0.717) is 28.7 Å². The van der Waals surface area contributed by atoms with Gasteiger partial charge < -0.3 is 9.73 Å². The lowest BCUT2D eigenvalue weighted by atomic mass is 9.83. The molecule has 3 amide bonds. The average Bonchev–Trinajstić information content (AvgIpc) is 3.35. The molecule has 0 unspecified atom stereocenters. The van der Waals surface area contributed by atoms with Crippen LogP contribution in [0.3, 0.4) is 0 Å². The molecule has 1 aliphatic heterocycles. The normalized spacial score (nSPS) is 16.2. The first-order valence-electron chi connectivity index (χ1n) is 14.1. The highest BCUT2D eigenvalue weighted by atomic mass is 16.4. The molecule has 0 atom stereocenters. The zero-order valence-electron chi connectivity index (χ0n) is 24.0. The maximum Gasteiger partial charge on any atom is 0.345 e. The van der Waals surface area contributed by atoms with Crippen LogP contribution < -0.4 is 10.2 Å². The highest BCUT2D eigenvalue weighted by Crippen LogP contribution is 2.34. The van der Waals surface area contributed by atoms with Crippen LogP contribution >= 0.6 is 0 Å². The quantitative estimate of drug-likeness (QED) is 0.391. The lowest BCUT2D eigenvalue weighted by Crippen LogP contribution is -2.47. The number of hydrogen-bond donors (Lipinski definition) is 1. The Morgan fingerprint density at radius 2 is 1.76 bits per heavy atom. The number of hydrazone groups is 1. The summed E-state index contributed by atoms with van der Waals surface area (Å²) in [4.78, 5) is 42.0. The Balaban J connectivity index is 1.45. The van der Waals surface area contributed by atoms with Crippen LogP contribution in [0.15, 0.2) is 58.0 Å². The minimum absolute atomic E-state index is 0.0840. The number of Topliss-reactive ketones (excluding diaryl/α,β-unsaturated/α-hetero) is 1. The van der Waals surface area contributed by atoms with Gasteiger partial charge in [-0.1, -0.05) is 64.3 Å². The topological polar surface area (TPSA) is 121 Å². The van der Waals surface area contributed by atoms with Gasteiger partial charge in [-0.15, -0.1) is 10.2 Å². The van der Waals surface area contributed by atoms with Gasteiger partial charge in [0.15, 0.2) is 5.78 Å². The lowest BCUT2D eigenvalue weighted by molar-refractivity contribution is -0.124. The summed E-state index contributed by atoms with van der Waals surface area (Å²) in [5, 5.41) is 16.8. The van der Waals surface area contributed by atoms with Crippen molar-refractivity contribution in [3.8, 4) is 11.5 Å². The molecule has 5 rings (SSSR count). The maximum atomic E-state index is 14.0. The van der Waals surface area contributed by atoms with Crippen molar-refractivity contribution in [3.05, 3.63) is 60.0 Å². The van der Waals surface area contributed by atoms with E-state index in [2.05, 4.69) is 15.5 Å². The molecule has 214 valence electrons. The average molecular weight is 557 g/mol. The molecule has 0 spiro atoms. The van der Waals surface area contributed by atoms with Gasteiger partial charge in [0.05, 0.1) is 17.9 Å². The second-order valence-electron chi connectivity index (χ2n) is 11.7. The summed E-state index contributed by atoms with van der Waals surface area (Å²) >= 11 is 0. The van der Waals surface area contributed by atoms with Crippen molar-refractivity contribution in [2.24, 2.45) is 16.4 Å². The van der Waals surface area contributed by atoms with Crippen molar-refractivity contribution < 1.29 is 18.8 Å². The van der Waals surface area contributed by atoms with Crippen LogP contribution in [0.4, 0.5) is 16.2 Å². The molecule has 10 heteroatoms. The highest BCUT2D eigenvalue weighted by Gasteiger charge is 2.36. The Bertz CT molecular complexity index is 1480. The second-order valence-corrected chi connectivity index (χ2v) is 11.7. The van der Waals surface area contributed by atoms with E-state index in [9.17, 15) is 14.4 Å². The third-order valence-electron chi connectivity index (χ3n) is 7.49. The monoisotopic (exact) mass is 556 g/mol. The first-order chi connectivity index (χ1) is 19.6. The van der Waals surface area contributed by atoms with Crippen LogP contribution in [0, 0.1) is 18.3 Å². The second kappa shape index (κ2) is 11.6. The number of hydrogen-bond acceptors (Lipinski definition) is 7. The van der Waals surface area contributed by atoms with E-state index >= 15 is 0 Å². The third-order valence-corrected chi connectivity index (χ3v) is 7.49. The van der Waals surface area contributed by atoms with E-state index in [1.54, 1.807) is 25.1 Å². The number of benzene rings is 2. The van der Waals surface area contributed by atoms with E-state index < -0.39 is 17.4 Å². The summed E-state index contributed by atoms with van der Waals surface area (Å²) in [6.07, 6.45) is 5.27. The van der Waals surface area contributed by atoms with E-state index in [-0.39, 0.29) is 24.8 Å². The number of urea groups is 1. The molecule has 3 aromatic rings. The van der Waals surface area contributed by atoms with Crippen molar-refractivity contribution in [1.29, 1.82) is 0 Å². The van der Waals surface area contributed by atoms with Crippen LogP contribution in [0.5, 0.6) is 0 Å². The van der Waals surface area contributed by atoms with Gasteiger partial charge in [0, 0.05) is 35.1 Å². The molecule has 10 nitrogen and oxygen atoms in total. The molecule has 1 fully saturated rings. The third kappa shape index (κ3) is 6.37. The molecule has 1 aromatic heterocycles. The molecule has 0 radical (unpaired) electrons. The fourth-order valence-electron chi connectivity index (χ4n) is 5.19. The number of carbonyl (C=O) groups is 3. The van der Waals surface area contributed by atoms with E-state index in [4.69, 9.17) is 9.52 Å². The molecule has 2 aliphatic rings. The number of anilines is 2. The Morgan fingerprint density at radius 3 is 2.46 bits per heavy atom. The van der Waals surface area contributed by atoms with Crippen molar-refractivity contribution in [1.82, 2.24) is 15.2 Å². The summed E-state index contributed by atoms with van der Waals surface area (Å²) in [5.41, 5.74) is 2.81. The number of aromatic nitrogens is 2. The van der Waals surface area contributed by atoms with Crippen LogP contribution in [-0.4, -0.2) is 51.7 Å². The molecule has 1 aliphatic carbocycles. The van der Waals surface area contributed by atoms with Gasteiger partial charge in [0.25, 0.3) is 0 Å². The summed E-state index contributed by atoms with van der Waals surface area (Å²) in [6.45, 7) is 6.79. The minimum atomic E-state index is -0.640. The summed E-state index contributed by atoms with van der Waals surface area (Å²) in [6, 6.07) is 14.2. The molecule has 0 saturated heterocycles. The number of para-hydroxylation sites is 1. The maximum absolute atomic E-state index is 14.0. The number of nitrogens with zero attached hydrogens (tertiary/aromatic N) is 5. The van der Waals surface area contributed by atoms with E-state index in [1.807, 2.05) is 51.1 Å². The van der Waals surface area contributed by atoms with Crippen molar-refractivity contribution >= 4 is 34.8 Å². The number of rotatable bonds is 7. The Labute approximate surface area is 239 Å². The van der Waals surface area contributed by atoms with E-state index in [0.717, 1.165) is 37.0 Å². The van der Waals surface area contributed by atoms with Gasteiger partial charge in [-0.05, 0) is 37.1 Å². The molecule has 0 bridgehead atoms. The van der Waals surface area contributed by atoms with Crippen LogP contribution in [-0.2, 0) is 9.59 Å². The van der Waals surface area contributed by atoms with Gasteiger partial charge in [0.1, 0.15) is 6.54 Å². The van der Waals surface area contributed by atoms with Gasteiger partial charge in [-0.25, -0.2) is 9.80 Å². The summed E-state index contributed by atoms with van der Waals surface area (Å²) in [7, 11) is 0. The molecular weight excluding hydrogens is 520 g/mol. The zero-order valence-corrected chi connectivity index (χ0v) is 24.0. The van der Waals surface area contributed by atoms with Crippen molar-refractivity contribution in [2.45, 2.75) is 59.8 Å². The number of nitrogens with one attached hydrogen (secondary N) is 1. The number of carbonyl (C=O) groups excluding carboxylic acids is 3. The van der Waals surface area contributed by atoms with Gasteiger partial charge >= 0.3 is 6.03 Å². The first kappa shape index (κ1) is 28.2. The van der Waals surface area contributed by atoms with Crippen LogP contribution in [0.2, 0.25) is 0 Å². The fraction of sp³-hybridized carbons (Fsp3) is 0.419. The predicted molar refractivity (Wildman–Crippen MR) is 157 cm³/mol. The molecule has 41 heavy (non-hydrogen) atoms. The molecule has 1 N–H and O–H groups in total. The fourth-order valence-corrected chi connectivity index (χ4v) is 5.19. The minimum Gasteiger partial charge on any atom is -0.421 e. The van der Waals surface area contributed by atoms with Crippen LogP contribution in [0.1, 0.15) is 64.3 Å². The zero-order chi connectivity index (χ0) is 29.1. The highest BCUT2D eigenvalue weighted by molar-refractivity contribution is 6.13. The van der Waals surface area contributed by atoms with Crippen molar-refractivity contribution in [3.63, 3.8) is 0 Å². The first-order valence-corrected chi connectivity index (χ1v) is 14.1. The molecule has 2 aromatic carbocycles. The van der Waals surface area contributed by atoms with Crippen LogP contribution in [0.25, 0.3) is 11.5 Å². The Kier molecular flexibility index (Phi) is 8.01. The molecule has 1 saturated carbocycles. The molecule has 2 heterocycles. The predicted octanol–water partition coefficient (Wildman–Crippen LogP) is 5.83. The number of fused-ring (bicyclic) bond motifs is 1. The number of amides is 3. The smallest absolute Gasteiger partial charge is 0.345 e. The SMILES string of the molecule is Cc1nnc(-c2cccc(NC(=O)CN3N=C(C4CCCCC4)c4ccccc4N(CC(=O)C(C)(C)C)C3=O)c2)o1. The van der Waals surface area contributed by atoms with Gasteiger partial charge in [-0.2, -0.15) is 5.10 Å². The standard InChI is InChI=1S/C31H36N6O4/c1-20-33-34-29(41-20)22-13-10-14-23(17-22)32-27(39)19-37-30(40)36(18-26(38)31(2,3)4)25-16-9-8-15-24(25)28(35-37)21-11-6-5-7-12-21/h8-10,13-17,21H,5-7,11-12,18-19H2,1-4H3,(H,32,39). The summed E-state index contributed by atoms with van der Waals surface area (Å²) in [5.74, 6) is 0.448. The number of aryl methyl sites for hydroxylation is 1.